The molecule has 2 aromatic heterocycles. The zero-order valence-electron chi connectivity index (χ0n) is 14.4. The molecular formula is C17H16N6O2S2. The number of aryl methyl sites for hydroxylation is 1. The lowest BCUT2D eigenvalue weighted by Gasteiger charge is -2.04. The summed E-state index contributed by atoms with van der Waals surface area (Å²) in [5.74, 6) is 0.0692. The van der Waals surface area contributed by atoms with Crippen molar-refractivity contribution < 1.29 is 9.59 Å². The highest BCUT2D eigenvalue weighted by molar-refractivity contribution is 7.99. The van der Waals surface area contributed by atoms with Gasteiger partial charge in [-0.15, -0.1) is 20.4 Å². The van der Waals surface area contributed by atoms with Gasteiger partial charge in [-0.1, -0.05) is 48.2 Å². The molecule has 0 fully saturated rings. The number of carbonyl (C=O) groups excluding carboxylic acids is 2. The van der Waals surface area contributed by atoms with Gasteiger partial charge in [0, 0.05) is 5.56 Å². The Morgan fingerprint density at radius 2 is 1.81 bits per heavy atom. The largest absolute Gasteiger partial charge is 0.305 e. The molecule has 0 aliphatic carbocycles. The van der Waals surface area contributed by atoms with E-state index in [2.05, 4.69) is 31.0 Å². The van der Waals surface area contributed by atoms with Gasteiger partial charge in [0.25, 0.3) is 5.91 Å². The lowest BCUT2D eigenvalue weighted by Crippen LogP contribution is -2.14. The van der Waals surface area contributed by atoms with E-state index in [4.69, 9.17) is 0 Å². The van der Waals surface area contributed by atoms with Crippen LogP contribution >= 0.6 is 23.1 Å². The predicted molar refractivity (Wildman–Crippen MR) is 105 cm³/mol. The maximum atomic E-state index is 12.1. The van der Waals surface area contributed by atoms with E-state index >= 15 is 0 Å². The third-order valence-corrected chi connectivity index (χ3v) is 5.19. The van der Waals surface area contributed by atoms with Crippen LogP contribution in [0.1, 0.15) is 22.3 Å². The number of amides is 2. The van der Waals surface area contributed by atoms with E-state index in [1.165, 1.54) is 23.1 Å². The molecule has 138 valence electrons. The molecule has 0 aliphatic heterocycles. The first kappa shape index (κ1) is 18.9. The SMILES string of the molecule is CCc1nnc(NC(=O)CSc2ccc(NC(=O)c3ccccc3)nn2)s1. The van der Waals surface area contributed by atoms with Gasteiger partial charge in [-0.25, -0.2) is 0 Å². The minimum Gasteiger partial charge on any atom is -0.305 e. The predicted octanol–water partition coefficient (Wildman–Crippen LogP) is 2.87. The number of benzene rings is 1. The molecular weight excluding hydrogens is 384 g/mol. The Bertz CT molecular complexity index is 915. The highest BCUT2D eigenvalue weighted by atomic mass is 32.2. The quantitative estimate of drug-likeness (QED) is 0.587. The molecule has 0 aliphatic rings. The van der Waals surface area contributed by atoms with Gasteiger partial charge >= 0.3 is 0 Å². The molecule has 2 heterocycles. The maximum absolute atomic E-state index is 12.1. The zero-order valence-corrected chi connectivity index (χ0v) is 16.0. The summed E-state index contributed by atoms with van der Waals surface area (Å²) in [5, 5.41) is 23.2. The van der Waals surface area contributed by atoms with Crippen LogP contribution in [0.15, 0.2) is 47.5 Å². The first-order valence-electron chi connectivity index (χ1n) is 8.09. The van der Waals surface area contributed by atoms with Crippen LogP contribution in [0, 0.1) is 0 Å². The molecule has 0 radical (unpaired) electrons. The second kappa shape index (κ2) is 9.19. The molecule has 0 unspecified atom stereocenters. The van der Waals surface area contributed by atoms with Crippen LogP contribution in [0.25, 0.3) is 0 Å². The Morgan fingerprint density at radius 1 is 1.00 bits per heavy atom. The Labute approximate surface area is 163 Å². The molecule has 3 aromatic rings. The molecule has 2 amide bonds. The van der Waals surface area contributed by atoms with E-state index in [1.54, 1.807) is 36.4 Å². The summed E-state index contributed by atoms with van der Waals surface area (Å²) in [6, 6.07) is 12.2. The van der Waals surface area contributed by atoms with Crippen LogP contribution in [-0.4, -0.2) is 38.0 Å². The number of anilines is 2. The molecule has 0 bridgehead atoms. The molecule has 1 aromatic carbocycles. The lowest BCUT2D eigenvalue weighted by molar-refractivity contribution is -0.113. The van der Waals surface area contributed by atoms with Gasteiger partial charge in [0.1, 0.15) is 10.0 Å². The summed E-state index contributed by atoms with van der Waals surface area (Å²) in [6.07, 6.45) is 0.783. The summed E-state index contributed by atoms with van der Waals surface area (Å²) in [7, 11) is 0. The zero-order chi connectivity index (χ0) is 19.1. The van der Waals surface area contributed by atoms with Crippen molar-refractivity contribution in [1.29, 1.82) is 0 Å². The van der Waals surface area contributed by atoms with Crippen molar-refractivity contribution in [2.45, 2.75) is 18.4 Å². The van der Waals surface area contributed by atoms with E-state index < -0.39 is 0 Å². The lowest BCUT2D eigenvalue weighted by atomic mass is 10.2. The first-order valence-corrected chi connectivity index (χ1v) is 9.89. The molecule has 8 nitrogen and oxygen atoms in total. The number of carbonyl (C=O) groups is 2. The van der Waals surface area contributed by atoms with Crippen molar-refractivity contribution in [1.82, 2.24) is 20.4 Å². The van der Waals surface area contributed by atoms with Gasteiger partial charge in [-0.3, -0.25) is 14.9 Å². The summed E-state index contributed by atoms with van der Waals surface area (Å²) < 4.78 is 0. The molecule has 0 spiro atoms. The average molecular weight is 400 g/mol. The number of nitrogens with zero attached hydrogens (tertiary/aromatic N) is 4. The van der Waals surface area contributed by atoms with Crippen molar-refractivity contribution in [2.75, 3.05) is 16.4 Å². The standard InChI is InChI=1S/C17H16N6O2S2/c1-2-14-21-23-17(27-14)19-13(24)10-26-15-9-8-12(20-22-15)18-16(25)11-6-4-3-5-7-11/h3-9H,2,10H2,1H3,(H,18,20,25)(H,19,23,24). The van der Waals surface area contributed by atoms with Crippen molar-refractivity contribution in [2.24, 2.45) is 0 Å². The average Bonchev–Trinajstić information content (AvgIpc) is 3.15. The van der Waals surface area contributed by atoms with Crippen LogP contribution < -0.4 is 10.6 Å². The van der Waals surface area contributed by atoms with Gasteiger partial charge in [0.15, 0.2) is 5.82 Å². The van der Waals surface area contributed by atoms with Gasteiger partial charge in [0.2, 0.25) is 11.0 Å². The highest BCUT2D eigenvalue weighted by Crippen LogP contribution is 2.18. The minimum atomic E-state index is -0.256. The van der Waals surface area contributed by atoms with E-state index in [0.717, 1.165) is 11.4 Å². The first-order chi connectivity index (χ1) is 13.1. The Kier molecular flexibility index (Phi) is 6.44. The summed E-state index contributed by atoms with van der Waals surface area (Å²) in [4.78, 5) is 24.0. The normalized spacial score (nSPS) is 10.4. The number of aromatic nitrogens is 4. The molecule has 27 heavy (non-hydrogen) atoms. The minimum absolute atomic E-state index is 0.172. The molecule has 0 saturated carbocycles. The molecule has 10 heteroatoms. The second-order valence-corrected chi connectivity index (χ2v) is 7.33. The number of thioether (sulfide) groups is 1. The third-order valence-electron chi connectivity index (χ3n) is 3.28. The fourth-order valence-corrected chi connectivity index (χ4v) is 3.29. The van der Waals surface area contributed by atoms with Crippen LogP contribution in [-0.2, 0) is 11.2 Å². The van der Waals surface area contributed by atoms with Crippen LogP contribution in [0.4, 0.5) is 10.9 Å². The Morgan fingerprint density at radius 3 is 2.48 bits per heavy atom. The monoisotopic (exact) mass is 400 g/mol. The van der Waals surface area contributed by atoms with E-state index in [-0.39, 0.29) is 17.6 Å². The van der Waals surface area contributed by atoms with Crippen LogP contribution in [0.3, 0.4) is 0 Å². The fourth-order valence-electron chi connectivity index (χ4n) is 1.98. The molecule has 3 rings (SSSR count). The van der Waals surface area contributed by atoms with Gasteiger partial charge < -0.3 is 5.32 Å². The van der Waals surface area contributed by atoms with Crippen molar-refractivity contribution in [3.05, 3.63) is 53.0 Å². The topological polar surface area (TPSA) is 110 Å². The van der Waals surface area contributed by atoms with E-state index in [1.807, 2.05) is 13.0 Å². The Balaban J connectivity index is 1.48. The van der Waals surface area contributed by atoms with Gasteiger partial charge in [-0.05, 0) is 30.7 Å². The number of hydrogen-bond acceptors (Lipinski definition) is 8. The second-order valence-electron chi connectivity index (χ2n) is 5.27. The molecule has 0 saturated heterocycles. The number of nitrogens with one attached hydrogen (secondary N) is 2. The maximum Gasteiger partial charge on any atom is 0.256 e. The van der Waals surface area contributed by atoms with E-state index in [9.17, 15) is 9.59 Å². The van der Waals surface area contributed by atoms with Gasteiger partial charge in [0.05, 0.1) is 5.75 Å². The fraction of sp³-hybridized carbons (Fsp3) is 0.176. The van der Waals surface area contributed by atoms with Crippen molar-refractivity contribution in [3.63, 3.8) is 0 Å². The number of rotatable bonds is 7. The van der Waals surface area contributed by atoms with Crippen LogP contribution in [0.5, 0.6) is 0 Å². The number of hydrogen-bond donors (Lipinski definition) is 2. The summed E-state index contributed by atoms with van der Waals surface area (Å²) in [6.45, 7) is 1.98. The highest BCUT2D eigenvalue weighted by Gasteiger charge is 2.10. The van der Waals surface area contributed by atoms with Crippen molar-refractivity contribution in [3.8, 4) is 0 Å². The van der Waals surface area contributed by atoms with Crippen molar-refractivity contribution >= 4 is 45.9 Å². The van der Waals surface area contributed by atoms with Gasteiger partial charge in [-0.2, -0.15) is 0 Å². The molecule has 2 N–H and O–H groups in total. The Hall–Kier alpha value is -2.85. The van der Waals surface area contributed by atoms with Crippen LogP contribution in [0.2, 0.25) is 0 Å². The molecule has 0 atom stereocenters. The van der Waals surface area contributed by atoms with E-state index in [0.29, 0.717) is 21.5 Å². The summed E-state index contributed by atoms with van der Waals surface area (Å²) >= 11 is 2.60. The smallest absolute Gasteiger partial charge is 0.256 e. The summed E-state index contributed by atoms with van der Waals surface area (Å²) in [5.41, 5.74) is 0.539. The third kappa shape index (κ3) is 5.56.